The van der Waals surface area contributed by atoms with Gasteiger partial charge in [0, 0.05) is 58.5 Å². The van der Waals surface area contributed by atoms with E-state index >= 15 is 0 Å². The standard InChI is InChI=1S/C29H23N2S.C13H24O2.Ir/c1-29(2,3)16-18-8-12-23-21(14-18)11-13-24-26-28(32-27(23)24)25(30-17-31-26)22-10-9-19-6-4-5-7-20(19)15-22;1-5-10(6-2)12(14)9-13(15)11(7-3)8-4;/h4-14,17H,16H2,1-3H3;9-11,14H,5-8H2,1-4H3;/q-1;;/b;12-9-;. The SMILES string of the molecule is CC(C)(C)Cc1ccc2c(ccc3c4ncnc(-c5[c-]c6ccccc6cc5)c4sc23)c1.CCC(CC)C(=O)/C=C(\O)C(CC)CC.[Ir]. The van der Waals surface area contributed by atoms with E-state index in [0.29, 0.717) is 0 Å². The van der Waals surface area contributed by atoms with Crippen molar-refractivity contribution in [3.63, 3.8) is 0 Å². The number of ketones is 1. The Balaban J connectivity index is 0.000000279. The molecule has 0 unspecified atom stereocenters. The number of hydrogen-bond acceptors (Lipinski definition) is 5. The number of hydrogen-bond donors (Lipinski definition) is 1. The van der Waals surface area contributed by atoms with Gasteiger partial charge in [0.05, 0.1) is 11.3 Å². The molecule has 0 saturated heterocycles. The summed E-state index contributed by atoms with van der Waals surface area (Å²) >= 11 is 1.79. The fourth-order valence-electron chi connectivity index (χ4n) is 6.36. The fourth-order valence-corrected chi connectivity index (χ4v) is 7.65. The summed E-state index contributed by atoms with van der Waals surface area (Å²) in [5.74, 6) is 0.547. The van der Waals surface area contributed by atoms with Gasteiger partial charge in [-0.1, -0.05) is 108 Å². The molecule has 0 fully saturated rings. The van der Waals surface area contributed by atoms with Gasteiger partial charge < -0.3 is 5.11 Å². The molecule has 6 heteroatoms. The maximum absolute atomic E-state index is 11.7. The van der Waals surface area contributed by atoms with Crippen molar-refractivity contribution in [2.24, 2.45) is 17.3 Å². The Morgan fingerprint density at radius 2 is 1.50 bits per heavy atom. The number of carbonyl (C=O) groups is 1. The van der Waals surface area contributed by atoms with E-state index in [0.717, 1.165) is 59.0 Å². The molecule has 2 heterocycles. The van der Waals surface area contributed by atoms with Crippen LogP contribution in [0.1, 0.15) is 79.7 Å². The Bertz CT molecular complexity index is 2050. The number of rotatable bonds is 9. The zero-order valence-corrected chi connectivity index (χ0v) is 32.4. The largest absolute Gasteiger partial charge is 0.512 e. The second-order valence-corrected chi connectivity index (χ2v) is 14.7. The van der Waals surface area contributed by atoms with Crippen molar-refractivity contribution in [3.8, 4) is 11.3 Å². The Morgan fingerprint density at radius 1 is 0.833 bits per heavy atom. The van der Waals surface area contributed by atoms with Gasteiger partial charge >= 0.3 is 0 Å². The Hall–Kier alpha value is -3.44. The first kappa shape index (κ1) is 37.4. The summed E-state index contributed by atoms with van der Waals surface area (Å²) in [5, 5.41) is 15.8. The zero-order chi connectivity index (χ0) is 33.7. The van der Waals surface area contributed by atoms with Crippen molar-refractivity contribution in [1.82, 2.24) is 9.97 Å². The molecule has 0 bridgehead atoms. The number of nitrogens with zero attached hydrogens (tertiary/aromatic N) is 2. The molecule has 6 aromatic rings. The molecule has 0 aliphatic heterocycles. The first-order valence-corrected chi connectivity index (χ1v) is 17.8. The van der Waals surface area contributed by atoms with Crippen LogP contribution >= 0.6 is 11.3 Å². The summed E-state index contributed by atoms with van der Waals surface area (Å²) in [6.07, 6.45) is 7.66. The van der Waals surface area contributed by atoms with E-state index in [1.165, 1.54) is 37.9 Å². The van der Waals surface area contributed by atoms with Crippen LogP contribution in [0.4, 0.5) is 0 Å². The number of aliphatic hydroxyl groups is 1. The van der Waals surface area contributed by atoms with Gasteiger partial charge in [-0.3, -0.25) is 9.78 Å². The third kappa shape index (κ3) is 8.40. The van der Waals surface area contributed by atoms with Gasteiger partial charge in [0.2, 0.25) is 0 Å². The van der Waals surface area contributed by atoms with Crippen LogP contribution in [0.3, 0.4) is 0 Å². The van der Waals surface area contributed by atoms with Gasteiger partial charge in [0.15, 0.2) is 5.78 Å². The first-order chi connectivity index (χ1) is 22.6. The minimum Gasteiger partial charge on any atom is -0.512 e. The molecule has 0 saturated carbocycles. The van der Waals surface area contributed by atoms with Gasteiger partial charge in [-0.25, -0.2) is 4.98 Å². The number of benzene rings is 4. The Morgan fingerprint density at radius 3 is 2.19 bits per heavy atom. The monoisotopic (exact) mass is 836 g/mol. The maximum atomic E-state index is 11.7. The van der Waals surface area contributed by atoms with Crippen molar-refractivity contribution in [3.05, 3.63) is 96.5 Å². The van der Waals surface area contributed by atoms with E-state index in [-0.39, 0.29) is 48.9 Å². The van der Waals surface area contributed by atoms with Crippen LogP contribution in [0.15, 0.2) is 84.9 Å². The number of thiophene rings is 1. The van der Waals surface area contributed by atoms with Crippen molar-refractivity contribution in [2.75, 3.05) is 0 Å². The molecule has 1 radical (unpaired) electrons. The zero-order valence-electron chi connectivity index (χ0n) is 29.2. The van der Waals surface area contributed by atoms with Gasteiger partial charge in [0.25, 0.3) is 0 Å². The molecule has 0 spiro atoms. The number of aromatic nitrogens is 2. The molecular formula is C42H47IrN2O2S-. The van der Waals surface area contributed by atoms with E-state index in [9.17, 15) is 9.90 Å². The smallest absolute Gasteiger partial charge is 0.162 e. The van der Waals surface area contributed by atoms with Crippen LogP contribution in [0.5, 0.6) is 0 Å². The van der Waals surface area contributed by atoms with E-state index in [1.54, 1.807) is 17.7 Å². The Kier molecular flexibility index (Phi) is 12.7. The molecule has 4 nitrogen and oxygen atoms in total. The summed E-state index contributed by atoms with van der Waals surface area (Å²) < 4.78 is 2.41. The van der Waals surface area contributed by atoms with Crippen molar-refractivity contribution in [1.29, 1.82) is 0 Å². The quantitative estimate of drug-likeness (QED) is 0.0895. The Labute approximate surface area is 303 Å². The van der Waals surface area contributed by atoms with Crippen LogP contribution in [0, 0.1) is 23.3 Å². The summed E-state index contributed by atoms with van der Waals surface area (Å²) in [5.41, 5.74) is 4.66. The second kappa shape index (κ2) is 16.3. The molecule has 0 atom stereocenters. The number of aliphatic hydroxyl groups excluding tert-OH is 1. The molecule has 48 heavy (non-hydrogen) atoms. The second-order valence-electron chi connectivity index (χ2n) is 13.7. The molecule has 1 N–H and O–H groups in total. The summed E-state index contributed by atoms with van der Waals surface area (Å²) in [4.78, 5) is 21.1. The number of carbonyl (C=O) groups excluding carboxylic acids is 1. The molecule has 0 aliphatic carbocycles. The van der Waals surface area contributed by atoms with Crippen LogP contribution in [-0.4, -0.2) is 20.9 Å². The summed E-state index contributed by atoms with van der Waals surface area (Å²) in [6, 6.07) is 27.5. The summed E-state index contributed by atoms with van der Waals surface area (Å²) in [7, 11) is 0. The van der Waals surface area contributed by atoms with Crippen LogP contribution in [0.2, 0.25) is 0 Å². The molecule has 6 rings (SSSR count). The van der Waals surface area contributed by atoms with Crippen LogP contribution in [0.25, 0.3) is 53.1 Å². The van der Waals surface area contributed by atoms with Crippen LogP contribution in [-0.2, 0) is 31.3 Å². The van der Waals surface area contributed by atoms with Crippen molar-refractivity contribution >= 4 is 59.0 Å². The van der Waals surface area contributed by atoms with Gasteiger partial charge in [0.1, 0.15) is 6.33 Å². The van der Waals surface area contributed by atoms with Crippen LogP contribution < -0.4 is 0 Å². The van der Waals surface area contributed by atoms with E-state index < -0.39 is 0 Å². The molecule has 2 aromatic heterocycles. The molecule has 4 aromatic carbocycles. The fraction of sp³-hybridized carbons (Fsp3) is 0.357. The van der Waals surface area contributed by atoms with Crippen molar-refractivity contribution < 1.29 is 30.0 Å². The average molecular weight is 836 g/mol. The summed E-state index contributed by atoms with van der Waals surface area (Å²) in [6.45, 7) is 14.9. The normalized spacial score (nSPS) is 12.1. The molecular weight excluding hydrogens is 789 g/mol. The minimum absolute atomic E-state index is 0. The van der Waals surface area contributed by atoms with Gasteiger partial charge in [-0.2, -0.15) is 0 Å². The predicted octanol–water partition coefficient (Wildman–Crippen LogP) is 12.1. The van der Waals surface area contributed by atoms with Crippen molar-refractivity contribution in [2.45, 2.75) is 80.6 Å². The molecule has 0 amide bonds. The average Bonchev–Trinajstić information content (AvgIpc) is 3.44. The predicted molar refractivity (Wildman–Crippen MR) is 201 cm³/mol. The van der Waals surface area contributed by atoms with E-state index in [4.69, 9.17) is 0 Å². The molecule has 253 valence electrons. The maximum Gasteiger partial charge on any atom is 0.162 e. The number of fused-ring (bicyclic) bond motifs is 6. The first-order valence-electron chi connectivity index (χ1n) is 17.0. The van der Waals surface area contributed by atoms with E-state index in [2.05, 4.69) is 104 Å². The van der Waals surface area contributed by atoms with Gasteiger partial charge in [-0.15, -0.1) is 41.0 Å². The van der Waals surface area contributed by atoms with E-state index in [1.807, 2.05) is 27.7 Å². The minimum atomic E-state index is 0. The van der Waals surface area contributed by atoms with Gasteiger partial charge in [-0.05, 0) is 53.9 Å². The number of allylic oxidation sites excluding steroid dienone is 2. The third-order valence-corrected chi connectivity index (χ3v) is 10.3. The third-order valence-electron chi connectivity index (χ3n) is 9.03. The topological polar surface area (TPSA) is 63.1 Å². The molecule has 0 aliphatic rings.